The predicted octanol–water partition coefficient (Wildman–Crippen LogP) is 1.66. The topological polar surface area (TPSA) is 75.7 Å². The maximum absolute atomic E-state index is 12.7. The number of nitrogens with one attached hydrogen (secondary N) is 1. The van der Waals surface area contributed by atoms with E-state index in [1.165, 1.54) is 7.11 Å². The standard InChI is InChI=1S/C16H24N2O4S.ClH/c1-17-10-13-6-5-9-18(11-13)23(20,21)12-14-7-3-4-8-15(14)16(19)22-2;/h3-4,7-8,13,17H,5-6,9-12H2,1-2H3;1H. The highest BCUT2D eigenvalue weighted by Crippen LogP contribution is 2.22. The number of esters is 1. The molecule has 6 nitrogen and oxygen atoms in total. The average Bonchev–Trinajstić information content (AvgIpc) is 2.55. The first-order valence-electron chi connectivity index (χ1n) is 7.76. The molecule has 1 aromatic rings. The maximum atomic E-state index is 12.7. The van der Waals surface area contributed by atoms with Crippen LogP contribution >= 0.6 is 12.4 Å². The normalized spacial score (nSPS) is 18.7. The number of benzene rings is 1. The largest absolute Gasteiger partial charge is 0.465 e. The monoisotopic (exact) mass is 376 g/mol. The lowest BCUT2D eigenvalue weighted by Gasteiger charge is -2.32. The Kier molecular flexibility index (Phi) is 8.15. The number of hydrogen-bond donors (Lipinski definition) is 1. The summed E-state index contributed by atoms with van der Waals surface area (Å²) in [6.07, 6.45) is 1.90. The molecule has 1 aliphatic heterocycles. The second kappa shape index (κ2) is 9.36. The Balaban J connectivity index is 0.00000288. The van der Waals surface area contributed by atoms with Crippen molar-refractivity contribution in [1.82, 2.24) is 9.62 Å². The average molecular weight is 377 g/mol. The molecular weight excluding hydrogens is 352 g/mol. The van der Waals surface area contributed by atoms with Crippen LogP contribution in [-0.4, -0.2) is 52.5 Å². The number of halogens is 1. The molecule has 8 heteroatoms. The van der Waals surface area contributed by atoms with Gasteiger partial charge in [-0.2, -0.15) is 0 Å². The number of hydrogen-bond acceptors (Lipinski definition) is 5. The minimum Gasteiger partial charge on any atom is -0.465 e. The minimum absolute atomic E-state index is 0. The quantitative estimate of drug-likeness (QED) is 0.764. The van der Waals surface area contributed by atoms with Gasteiger partial charge < -0.3 is 10.1 Å². The summed E-state index contributed by atoms with van der Waals surface area (Å²) in [5.74, 6) is -0.355. The maximum Gasteiger partial charge on any atom is 0.338 e. The molecule has 24 heavy (non-hydrogen) atoms. The smallest absolute Gasteiger partial charge is 0.338 e. The number of carbonyl (C=O) groups is 1. The first-order valence-corrected chi connectivity index (χ1v) is 9.37. The Morgan fingerprint density at radius 3 is 2.75 bits per heavy atom. The Bertz CT molecular complexity index is 649. The van der Waals surface area contributed by atoms with Gasteiger partial charge in [-0.25, -0.2) is 17.5 Å². The summed E-state index contributed by atoms with van der Waals surface area (Å²) in [6, 6.07) is 6.69. The van der Waals surface area contributed by atoms with Crippen LogP contribution in [0.1, 0.15) is 28.8 Å². The van der Waals surface area contributed by atoms with E-state index in [4.69, 9.17) is 4.74 Å². The highest BCUT2D eigenvalue weighted by atomic mass is 35.5. The van der Waals surface area contributed by atoms with E-state index in [-0.39, 0.29) is 18.2 Å². The molecule has 0 saturated carbocycles. The van der Waals surface area contributed by atoms with Gasteiger partial charge in [0.1, 0.15) is 0 Å². The van der Waals surface area contributed by atoms with Crippen LogP contribution in [0, 0.1) is 5.92 Å². The number of ether oxygens (including phenoxy) is 1. The molecule has 1 unspecified atom stereocenters. The first kappa shape index (κ1) is 20.9. The SMILES string of the molecule is CNCC1CCCN(S(=O)(=O)Cc2ccccc2C(=O)OC)C1.Cl. The van der Waals surface area contributed by atoms with Crippen molar-refractivity contribution >= 4 is 28.4 Å². The summed E-state index contributed by atoms with van der Waals surface area (Å²) in [6.45, 7) is 1.89. The highest BCUT2D eigenvalue weighted by molar-refractivity contribution is 7.88. The van der Waals surface area contributed by atoms with E-state index in [1.807, 2.05) is 7.05 Å². The van der Waals surface area contributed by atoms with E-state index >= 15 is 0 Å². The molecule has 1 fully saturated rings. The van der Waals surface area contributed by atoms with Gasteiger partial charge in [0.15, 0.2) is 0 Å². The molecule has 1 aromatic carbocycles. The van der Waals surface area contributed by atoms with Gasteiger partial charge in [0, 0.05) is 13.1 Å². The molecule has 1 N–H and O–H groups in total. The Labute approximate surface area is 150 Å². The molecule has 1 atom stereocenters. The van der Waals surface area contributed by atoms with Crippen molar-refractivity contribution in [2.24, 2.45) is 5.92 Å². The van der Waals surface area contributed by atoms with Gasteiger partial charge in [-0.15, -0.1) is 12.4 Å². The highest BCUT2D eigenvalue weighted by Gasteiger charge is 2.29. The molecule has 136 valence electrons. The number of rotatable bonds is 6. The van der Waals surface area contributed by atoms with Gasteiger partial charge in [0.05, 0.1) is 18.4 Å². The van der Waals surface area contributed by atoms with Gasteiger partial charge in [0.25, 0.3) is 0 Å². The van der Waals surface area contributed by atoms with Crippen LogP contribution in [0.5, 0.6) is 0 Å². The third-order valence-electron chi connectivity index (χ3n) is 4.13. The van der Waals surface area contributed by atoms with E-state index in [0.29, 0.717) is 30.1 Å². The van der Waals surface area contributed by atoms with Crippen molar-refractivity contribution in [1.29, 1.82) is 0 Å². The van der Waals surface area contributed by atoms with Crippen LogP contribution in [0.2, 0.25) is 0 Å². The third-order valence-corrected chi connectivity index (χ3v) is 5.92. The fourth-order valence-electron chi connectivity index (χ4n) is 2.98. The van der Waals surface area contributed by atoms with Crippen LogP contribution in [0.15, 0.2) is 24.3 Å². The number of nitrogens with zero attached hydrogens (tertiary/aromatic N) is 1. The zero-order valence-corrected chi connectivity index (χ0v) is 15.7. The van der Waals surface area contributed by atoms with Gasteiger partial charge in [-0.3, -0.25) is 0 Å². The number of carbonyl (C=O) groups excluding carboxylic acids is 1. The summed E-state index contributed by atoms with van der Waals surface area (Å²) in [7, 11) is -0.287. The molecular formula is C16H25ClN2O4S. The molecule has 1 heterocycles. The van der Waals surface area contributed by atoms with E-state index in [1.54, 1.807) is 28.6 Å². The molecule has 0 bridgehead atoms. The Hall–Kier alpha value is -1.15. The molecule has 2 rings (SSSR count). The second-order valence-corrected chi connectivity index (χ2v) is 7.80. The van der Waals surface area contributed by atoms with Crippen molar-refractivity contribution < 1.29 is 17.9 Å². The van der Waals surface area contributed by atoms with Gasteiger partial charge in [0.2, 0.25) is 10.0 Å². The van der Waals surface area contributed by atoms with Gasteiger partial charge >= 0.3 is 5.97 Å². The number of sulfonamides is 1. The van der Waals surface area contributed by atoms with Crippen LogP contribution in [-0.2, 0) is 20.5 Å². The second-order valence-electron chi connectivity index (χ2n) is 5.83. The van der Waals surface area contributed by atoms with Crippen LogP contribution in [0.4, 0.5) is 0 Å². The summed E-state index contributed by atoms with van der Waals surface area (Å²) < 4.78 is 31.7. The molecule has 1 aliphatic rings. The Morgan fingerprint density at radius 2 is 2.08 bits per heavy atom. The van der Waals surface area contributed by atoms with Crippen LogP contribution in [0.3, 0.4) is 0 Å². The van der Waals surface area contributed by atoms with Crippen molar-refractivity contribution in [2.45, 2.75) is 18.6 Å². The summed E-state index contributed by atoms with van der Waals surface area (Å²) in [5, 5.41) is 3.11. The summed E-state index contributed by atoms with van der Waals surface area (Å²) in [5.41, 5.74) is 0.789. The lowest BCUT2D eigenvalue weighted by molar-refractivity contribution is 0.0600. The van der Waals surface area contributed by atoms with E-state index in [0.717, 1.165) is 19.4 Å². The number of methoxy groups -OCH3 is 1. The van der Waals surface area contributed by atoms with Crippen molar-refractivity contribution in [3.05, 3.63) is 35.4 Å². The fourth-order valence-corrected chi connectivity index (χ4v) is 4.65. The lowest BCUT2D eigenvalue weighted by Crippen LogP contribution is -2.43. The van der Waals surface area contributed by atoms with Crippen molar-refractivity contribution in [3.63, 3.8) is 0 Å². The zero-order chi connectivity index (χ0) is 16.9. The molecule has 0 radical (unpaired) electrons. The summed E-state index contributed by atoms with van der Waals surface area (Å²) >= 11 is 0. The minimum atomic E-state index is -3.45. The van der Waals surface area contributed by atoms with E-state index in [9.17, 15) is 13.2 Å². The zero-order valence-electron chi connectivity index (χ0n) is 14.0. The predicted molar refractivity (Wildman–Crippen MR) is 95.9 cm³/mol. The fraction of sp³-hybridized carbons (Fsp3) is 0.562. The van der Waals surface area contributed by atoms with Gasteiger partial charge in [-0.05, 0) is 44.0 Å². The van der Waals surface area contributed by atoms with E-state index < -0.39 is 16.0 Å². The third kappa shape index (κ3) is 5.17. The first-order chi connectivity index (χ1) is 11.0. The summed E-state index contributed by atoms with van der Waals surface area (Å²) in [4.78, 5) is 11.8. The molecule has 0 aromatic heterocycles. The lowest BCUT2D eigenvalue weighted by atomic mass is 10.00. The van der Waals surface area contributed by atoms with E-state index in [2.05, 4.69) is 5.32 Å². The van der Waals surface area contributed by atoms with Crippen LogP contribution < -0.4 is 5.32 Å². The molecule has 0 amide bonds. The molecule has 0 spiro atoms. The van der Waals surface area contributed by atoms with Gasteiger partial charge in [-0.1, -0.05) is 18.2 Å². The van der Waals surface area contributed by atoms with Crippen LogP contribution in [0.25, 0.3) is 0 Å². The van der Waals surface area contributed by atoms with Crippen molar-refractivity contribution in [2.75, 3.05) is 33.8 Å². The number of piperidine rings is 1. The molecule has 1 saturated heterocycles. The molecule has 0 aliphatic carbocycles. The Morgan fingerprint density at radius 1 is 1.38 bits per heavy atom. The van der Waals surface area contributed by atoms with Crippen molar-refractivity contribution in [3.8, 4) is 0 Å².